The topological polar surface area (TPSA) is 76.7 Å². The van der Waals surface area contributed by atoms with Crippen LogP contribution in [0.25, 0.3) is 0 Å². The monoisotopic (exact) mass is 420 g/mol. The minimum Gasteiger partial charge on any atom is -0.484 e. The molecule has 0 unspecified atom stereocenters. The Morgan fingerprint density at radius 2 is 1.38 bits per heavy atom. The van der Waals surface area contributed by atoms with Gasteiger partial charge in [0.1, 0.15) is 11.5 Å². The maximum absolute atomic E-state index is 11.8. The molecular weight excluding hydrogens is 400 g/mol. The standard InChI is InChI=1S/C19H21BrN2O4/c1-12-6-13(2)8-16(7-12)26-11-19(24)22-21-18(23)10-25-15-4-5-17(20)14(3)9-15/h4-9H,10-11H2,1-3H3,(H,21,23)(H,22,24). The van der Waals surface area contributed by atoms with E-state index in [4.69, 9.17) is 9.47 Å². The van der Waals surface area contributed by atoms with Gasteiger partial charge in [-0.3, -0.25) is 20.4 Å². The summed E-state index contributed by atoms with van der Waals surface area (Å²) in [4.78, 5) is 23.5. The highest BCUT2D eigenvalue weighted by molar-refractivity contribution is 9.10. The van der Waals surface area contributed by atoms with Crippen LogP contribution in [0.2, 0.25) is 0 Å². The number of rotatable bonds is 6. The lowest BCUT2D eigenvalue weighted by molar-refractivity contribution is -0.131. The molecule has 6 nitrogen and oxygen atoms in total. The van der Waals surface area contributed by atoms with Crippen LogP contribution in [0.15, 0.2) is 40.9 Å². The number of hydrogen-bond donors (Lipinski definition) is 2. The number of aryl methyl sites for hydroxylation is 3. The fraction of sp³-hybridized carbons (Fsp3) is 0.263. The van der Waals surface area contributed by atoms with Crippen molar-refractivity contribution in [3.8, 4) is 11.5 Å². The lowest BCUT2D eigenvalue weighted by atomic mass is 10.1. The van der Waals surface area contributed by atoms with E-state index in [1.54, 1.807) is 6.07 Å². The van der Waals surface area contributed by atoms with Gasteiger partial charge in [-0.25, -0.2) is 0 Å². The molecule has 2 N–H and O–H groups in total. The van der Waals surface area contributed by atoms with Crippen molar-refractivity contribution in [2.75, 3.05) is 13.2 Å². The summed E-state index contributed by atoms with van der Waals surface area (Å²) >= 11 is 3.40. The predicted octanol–water partition coefficient (Wildman–Crippen LogP) is 2.98. The third kappa shape index (κ3) is 6.40. The second-order valence-electron chi connectivity index (χ2n) is 5.91. The van der Waals surface area contributed by atoms with Gasteiger partial charge in [-0.1, -0.05) is 22.0 Å². The van der Waals surface area contributed by atoms with E-state index in [1.165, 1.54) is 0 Å². The van der Waals surface area contributed by atoms with Crippen LogP contribution in [0.3, 0.4) is 0 Å². The number of hydrazine groups is 1. The zero-order valence-corrected chi connectivity index (χ0v) is 16.5. The Morgan fingerprint density at radius 1 is 0.846 bits per heavy atom. The van der Waals surface area contributed by atoms with Crippen LogP contribution in [-0.4, -0.2) is 25.0 Å². The molecule has 7 heteroatoms. The molecular formula is C19H21BrN2O4. The molecule has 0 fully saturated rings. The summed E-state index contributed by atoms with van der Waals surface area (Å²) in [6, 6.07) is 11.1. The largest absolute Gasteiger partial charge is 0.484 e. The predicted molar refractivity (Wildman–Crippen MR) is 102 cm³/mol. The number of hydrogen-bond acceptors (Lipinski definition) is 4. The first-order valence-electron chi connectivity index (χ1n) is 8.01. The quantitative estimate of drug-likeness (QED) is 0.704. The summed E-state index contributed by atoms with van der Waals surface area (Å²) in [6.45, 7) is 5.42. The van der Waals surface area contributed by atoms with Crippen molar-refractivity contribution in [2.24, 2.45) is 0 Å². The maximum atomic E-state index is 11.8. The number of amides is 2. The lowest BCUT2D eigenvalue weighted by Gasteiger charge is -2.11. The van der Waals surface area contributed by atoms with Gasteiger partial charge in [-0.05, 0) is 67.8 Å². The Hall–Kier alpha value is -2.54. The molecule has 0 spiro atoms. The molecule has 0 saturated carbocycles. The van der Waals surface area contributed by atoms with Crippen molar-refractivity contribution in [3.05, 3.63) is 57.6 Å². The summed E-state index contributed by atoms with van der Waals surface area (Å²) in [7, 11) is 0. The molecule has 0 radical (unpaired) electrons. The van der Waals surface area contributed by atoms with Gasteiger partial charge in [0, 0.05) is 4.47 Å². The van der Waals surface area contributed by atoms with Crippen LogP contribution >= 0.6 is 15.9 Å². The highest BCUT2D eigenvalue weighted by Gasteiger charge is 2.07. The maximum Gasteiger partial charge on any atom is 0.276 e. The number of nitrogens with one attached hydrogen (secondary N) is 2. The van der Waals surface area contributed by atoms with Crippen LogP contribution in [0.4, 0.5) is 0 Å². The summed E-state index contributed by atoms with van der Waals surface area (Å²) < 4.78 is 11.8. The first kappa shape index (κ1) is 19.8. The fourth-order valence-electron chi connectivity index (χ4n) is 2.23. The summed E-state index contributed by atoms with van der Waals surface area (Å²) in [6.07, 6.45) is 0. The lowest BCUT2D eigenvalue weighted by Crippen LogP contribution is -2.45. The average molecular weight is 421 g/mol. The number of benzene rings is 2. The zero-order chi connectivity index (χ0) is 19.1. The molecule has 0 aliphatic rings. The average Bonchev–Trinajstić information content (AvgIpc) is 2.58. The molecule has 0 bridgehead atoms. The van der Waals surface area contributed by atoms with Crippen molar-refractivity contribution < 1.29 is 19.1 Å². The molecule has 2 rings (SSSR count). The fourth-order valence-corrected chi connectivity index (χ4v) is 2.48. The molecule has 26 heavy (non-hydrogen) atoms. The Bertz CT molecular complexity index is 788. The van der Waals surface area contributed by atoms with Crippen LogP contribution in [-0.2, 0) is 9.59 Å². The molecule has 2 aromatic carbocycles. The minimum absolute atomic E-state index is 0.198. The van der Waals surface area contributed by atoms with Crippen LogP contribution in [0, 0.1) is 20.8 Å². The van der Waals surface area contributed by atoms with Crippen molar-refractivity contribution in [3.63, 3.8) is 0 Å². The van der Waals surface area contributed by atoms with Crippen LogP contribution in [0.5, 0.6) is 11.5 Å². The smallest absolute Gasteiger partial charge is 0.276 e. The molecule has 0 heterocycles. The van der Waals surface area contributed by atoms with E-state index >= 15 is 0 Å². The van der Waals surface area contributed by atoms with Crippen LogP contribution in [0.1, 0.15) is 16.7 Å². The number of carbonyl (C=O) groups excluding carboxylic acids is 2. The Kier molecular flexibility index (Phi) is 7.03. The second kappa shape index (κ2) is 9.24. The minimum atomic E-state index is -0.467. The van der Waals surface area contributed by atoms with Gasteiger partial charge in [0.2, 0.25) is 0 Å². The van der Waals surface area contributed by atoms with Crippen LogP contribution < -0.4 is 20.3 Å². The molecule has 0 aliphatic carbocycles. The van der Waals surface area contributed by atoms with E-state index in [9.17, 15) is 9.59 Å². The third-order valence-corrected chi connectivity index (χ3v) is 4.30. The van der Waals surface area contributed by atoms with Gasteiger partial charge in [0.05, 0.1) is 0 Å². The van der Waals surface area contributed by atoms with E-state index < -0.39 is 11.8 Å². The number of halogens is 1. The molecule has 0 aliphatic heterocycles. The Balaban J connectivity index is 1.71. The van der Waals surface area contributed by atoms with Gasteiger partial charge >= 0.3 is 0 Å². The van der Waals surface area contributed by atoms with Crippen molar-refractivity contribution >= 4 is 27.7 Å². The molecule has 2 aromatic rings. The Morgan fingerprint density at radius 3 is 1.92 bits per heavy atom. The second-order valence-corrected chi connectivity index (χ2v) is 6.76. The third-order valence-electron chi connectivity index (χ3n) is 3.41. The van der Waals surface area contributed by atoms with E-state index in [2.05, 4.69) is 26.8 Å². The van der Waals surface area contributed by atoms with Crippen molar-refractivity contribution in [1.29, 1.82) is 0 Å². The van der Waals surface area contributed by atoms with Gasteiger partial charge in [0.25, 0.3) is 11.8 Å². The number of ether oxygens (including phenoxy) is 2. The normalized spacial score (nSPS) is 10.2. The SMILES string of the molecule is Cc1cc(C)cc(OCC(=O)NNC(=O)COc2ccc(Br)c(C)c2)c1. The molecule has 2 amide bonds. The molecule has 0 saturated heterocycles. The van der Waals surface area contributed by atoms with Gasteiger partial charge in [-0.2, -0.15) is 0 Å². The zero-order valence-electron chi connectivity index (χ0n) is 14.9. The molecule has 138 valence electrons. The van der Waals surface area contributed by atoms with Gasteiger partial charge in [-0.15, -0.1) is 0 Å². The van der Waals surface area contributed by atoms with Crippen molar-refractivity contribution in [1.82, 2.24) is 10.9 Å². The van der Waals surface area contributed by atoms with E-state index in [0.29, 0.717) is 11.5 Å². The van der Waals surface area contributed by atoms with Gasteiger partial charge < -0.3 is 9.47 Å². The van der Waals surface area contributed by atoms with Gasteiger partial charge in [0.15, 0.2) is 13.2 Å². The van der Waals surface area contributed by atoms with E-state index in [1.807, 2.05) is 51.1 Å². The summed E-state index contributed by atoms with van der Waals surface area (Å²) in [5, 5.41) is 0. The van der Waals surface area contributed by atoms with Crippen molar-refractivity contribution in [2.45, 2.75) is 20.8 Å². The first-order chi connectivity index (χ1) is 12.3. The summed E-state index contributed by atoms with van der Waals surface area (Å²) in [5.74, 6) is 0.255. The Labute approximate surface area is 161 Å². The molecule has 0 aromatic heterocycles. The summed E-state index contributed by atoms with van der Waals surface area (Å²) in [5.41, 5.74) is 7.67. The van der Waals surface area contributed by atoms with E-state index in [-0.39, 0.29) is 13.2 Å². The molecule has 0 atom stereocenters. The van der Waals surface area contributed by atoms with E-state index in [0.717, 1.165) is 21.2 Å². The number of carbonyl (C=O) groups is 2. The highest BCUT2D eigenvalue weighted by atomic mass is 79.9. The first-order valence-corrected chi connectivity index (χ1v) is 8.80. The highest BCUT2D eigenvalue weighted by Crippen LogP contribution is 2.21.